The molecule has 20 heavy (non-hydrogen) atoms. The van der Waals surface area contributed by atoms with E-state index in [0.29, 0.717) is 17.9 Å². The first-order valence-electron chi connectivity index (χ1n) is 6.54. The Kier molecular flexibility index (Phi) is 3.06. The lowest BCUT2D eigenvalue weighted by molar-refractivity contribution is 0.101. The van der Waals surface area contributed by atoms with E-state index in [2.05, 4.69) is 5.32 Å². The van der Waals surface area contributed by atoms with Gasteiger partial charge in [-0.25, -0.2) is 0 Å². The van der Waals surface area contributed by atoms with Crippen molar-refractivity contribution in [3.8, 4) is 5.75 Å². The molecule has 0 amide bonds. The van der Waals surface area contributed by atoms with Crippen molar-refractivity contribution in [2.24, 2.45) is 0 Å². The Bertz CT molecular complexity index is 667. The summed E-state index contributed by atoms with van der Waals surface area (Å²) in [5.74, 6) is 0.876. The summed E-state index contributed by atoms with van der Waals surface area (Å²) in [6.45, 7) is 2.10. The second-order valence-corrected chi connectivity index (χ2v) is 4.90. The van der Waals surface area contributed by atoms with Gasteiger partial charge in [0.05, 0.1) is 6.04 Å². The Balaban J connectivity index is 1.86. The van der Waals surface area contributed by atoms with Crippen LogP contribution in [0.1, 0.15) is 28.9 Å². The predicted molar refractivity (Wildman–Crippen MR) is 79.2 cm³/mol. The highest BCUT2D eigenvalue weighted by molar-refractivity contribution is 6.00. The van der Waals surface area contributed by atoms with Crippen LogP contribution in [-0.4, -0.2) is 12.4 Å². The van der Waals surface area contributed by atoms with Crippen LogP contribution >= 0.6 is 0 Å². The molecule has 0 saturated heterocycles. The topological polar surface area (TPSA) is 64.3 Å². The summed E-state index contributed by atoms with van der Waals surface area (Å²) in [7, 11) is 0. The van der Waals surface area contributed by atoms with Gasteiger partial charge in [-0.05, 0) is 31.2 Å². The van der Waals surface area contributed by atoms with E-state index in [1.165, 1.54) is 6.92 Å². The summed E-state index contributed by atoms with van der Waals surface area (Å²) in [4.78, 5) is 11.5. The van der Waals surface area contributed by atoms with Gasteiger partial charge in [0.25, 0.3) is 0 Å². The summed E-state index contributed by atoms with van der Waals surface area (Å²) < 4.78 is 5.63. The molecule has 0 fully saturated rings. The fraction of sp³-hybridized carbons (Fsp3) is 0.188. The van der Waals surface area contributed by atoms with Crippen molar-refractivity contribution in [2.45, 2.75) is 13.0 Å². The van der Waals surface area contributed by atoms with Crippen LogP contribution in [0.5, 0.6) is 5.75 Å². The van der Waals surface area contributed by atoms with Gasteiger partial charge in [0, 0.05) is 22.5 Å². The van der Waals surface area contributed by atoms with Crippen molar-refractivity contribution in [2.75, 3.05) is 17.7 Å². The quantitative estimate of drug-likeness (QED) is 0.663. The summed E-state index contributed by atoms with van der Waals surface area (Å²) in [6.07, 6.45) is 0. The summed E-state index contributed by atoms with van der Waals surface area (Å²) in [5, 5.41) is 3.39. The van der Waals surface area contributed by atoms with Crippen molar-refractivity contribution in [1.29, 1.82) is 0 Å². The molecular formula is C16H16N2O2. The number of ether oxygens (including phenoxy) is 1. The average molecular weight is 268 g/mol. The number of Topliss-reactive ketones (excluding diaryl/α,β-unsaturated/α-hetero) is 1. The molecule has 3 rings (SSSR count). The number of rotatable bonds is 3. The van der Waals surface area contributed by atoms with Crippen molar-refractivity contribution in [1.82, 2.24) is 0 Å². The number of carbonyl (C=O) groups excluding carboxylic acids is 1. The molecular weight excluding hydrogens is 252 g/mol. The molecule has 4 heteroatoms. The third-order valence-corrected chi connectivity index (χ3v) is 3.47. The molecule has 102 valence electrons. The number of carbonyl (C=O) groups is 1. The highest BCUT2D eigenvalue weighted by Crippen LogP contribution is 2.34. The zero-order chi connectivity index (χ0) is 14.1. The molecule has 1 unspecified atom stereocenters. The number of benzene rings is 2. The van der Waals surface area contributed by atoms with Gasteiger partial charge in [-0.15, -0.1) is 0 Å². The standard InChI is InChI=1S/C16H16N2O2/c1-10(19)13-8-11(6-7-14(13)17)18-15-9-20-16-5-3-2-4-12(15)16/h2-8,15,18H,9,17H2,1H3. The maximum Gasteiger partial charge on any atom is 0.161 e. The number of para-hydroxylation sites is 1. The van der Waals surface area contributed by atoms with E-state index in [0.717, 1.165) is 17.0 Å². The largest absolute Gasteiger partial charge is 0.491 e. The molecule has 0 spiro atoms. The lowest BCUT2D eigenvalue weighted by Gasteiger charge is -2.14. The molecule has 4 nitrogen and oxygen atoms in total. The minimum Gasteiger partial charge on any atom is -0.491 e. The number of hydrogen-bond acceptors (Lipinski definition) is 4. The molecule has 0 radical (unpaired) electrons. The van der Waals surface area contributed by atoms with E-state index in [1.807, 2.05) is 30.3 Å². The van der Waals surface area contributed by atoms with E-state index in [9.17, 15) is 4.79 Å². The Morgan fingerprint density at radius 2 is 2.10 bits per heavy atom. The monoisotopic (exact) mass is 268 g/mol. The average Bonchev–Trinajstić information content (AvgIpc) is 2.84. The number of hydrogen-bond donors (Lipinski definition) is 2. The molecule has 0 bridgehead atoms. The van der Waals surface area contributed by atoms with Crippen LogP contribution < -0.4 is 15.8 Å². The van der Waals surface area contributed by atoms with Crippen LogP contribution in [0.4, 0.5) is 11.4 Å². The van der Waals surface area contributed by atoms with Crippen LogP contribution in [0.3, 0.4) is 0 Å². The van der Waals surface area contributed by atoms with Crippen molar-refractivity contribution >= 4 is 17.2 Å². The maximum absolute atomic E-state index is 11.5. The molecule has 0 aliphatic carbocycles. The normalized spacial score (nSPS) is 16.4. The third kappa shape index (κ3) is 2.20. The highest BCUT2D eigenvalue weighted by Gasteiger charge is 2.23. The minimum atomic E-state index is -0.0331. The summed E-state index contributed by atoms with van der Waals surface area (Å²) >= 11 is 0. The number of nitrogen functional groups attached to an aromatic ring is 1. The minimum absolute atomic E-state index is 0.0331. The first-order valence-corrected chi connectivity index (χ1v) is 6.54. The fourth-order valence-electron chi connectivity index (χ4n) is 2.43. The first-order chi connectivity index (χ1) is 9.65. The van der Waals surface area contributed by atoms with Crippen LogP contribution in [0.25, 0.3) is 0 Å². The Hall–Kier alpha value is -2.49. The van der Waals surface area contributed by atoms with Crippen LogP contribution in [0.2, 0.25) is 0 Å². The molecule has 0 aromatic heterocycles. The first kappa shape index (κ1) is 12.5. The van der Waals surface area contributed by atoms with Crippen molar-refractivity contribution in [3.63, 3.8) is 0 Å². The van der Waals surface area contributed by atoms with Gasteiger partial charge in [0.15, 0.2) is 5.78 Å². The van der Waals surface area contributed by atoms with Gasteiger partial charge in [0.2, 0.25) is 0 Å². The third-order valence-electron chi connectivity index (χ3n) is 3.47. The molecule has 1 atom stereocenters. The van der Waals surface area contributed by atoms with Gasteiger partial charge in [-0.3, -0.25) is 4.79 Å². The van der Waals surface area contributed by atoms with Gasteiger partial charge < -0.3 is 15.8 Å². The molecule has 2 aromatic rings. The van der Waals surface area contributed by atoms with E-state index in [-0.39, 0.29) is 11.8 Å². The fourth-order valence-corrected chi connectivity index (χ4v) is 2.43. The van der Waals surface area contributed by atoms with Crippen LogP contribution in [0.15, 0.2) is 42.5 Å². The second-order valence-electron chi connectivity index (χ2n) is 4.90. The van der Waals surface area contributed by atoms with E-state index in [1.54, 1.807) is 12.1 Å². The Morgan fingerprint density at radius 1 is 1.30 bits per heavy atom. The molecule has 1 heterocycles. The Labute approximate surface area is 117 Å². The summed E-state index contributed by atoms with van der Waals surface area (Å²) in [6, 6.07) is 13.5. The van der Waals surface area contributed by atoms with E-state index >= 15 is 0 Å². The van der Waals surface area contributed by atoms with Crippen LogP contribution in [0, 0.1) is 0 Å². The van der Waals surface area contributed by atoms with Gasteiger partial charge in [0.1, 0.15) is 12.4 Å². The second kappa shape index (κ2) is 4.89. The summed E-state index contributed by atoms with van der Waals surface area (Å²) in [5.41, 5.74) is 8.85. The zero-order valence-corrected chi connectivity index (χ0v) is 11.2. The van der Waals surface area contributed by atoms with Gasteiger partial charge in [-0.2, -0.15) is 0 Å². The molecule has 1 aliphatic rings. The molecule has 0 saturated carbocycles. The Morgan fingerprint density at radius 3 is 2.90 bits per heavy atom. The smallest absolute Gasteiger partial charge is 0.161 e. The predicted octanol–water partition coefficient (Wildman–Crippen LogP) is 3.02. The lowest BCUT2D eigenvalue weighted by atomic mass is 10.1. The van der Waals surface area contributed by atoms with Gasteiger partial charge in [-0.1, -0.05) is 18.2 Å². The van der Waals surface area contributed by atoms with Crippen molar-refractivity contribution < 1.29 is 9.53 Å². The van der Waals surface area contributed by atoms with E-state index in [4.69, 9.17) is 10.5 Å². The molecule has 1 aliphatic heterocycles. The SMILES string of the molecule is CC(=O)c1cc(NC2COc3ccccc32)ccc1N. The maximum atomic E-state index is 11.5. The number of ketones is 1. The number of anilines is 2. The van der Waals surface area contributed by atoms with Crippen molar-refractivity contribution in [3.05, 3.63) is 53.6 Å². The lowest BCUT2D eigenvalue weighted by Crippen LogP contribution is -2.12. The van der Waals surface area contributed by atoms with Crippen LogP contribution in [-0.2, 0) is 0 Å². The number of fused-ring (bicyclic) bond motifs is 1. The zero-order valence-electron chi connectivity index (χ0n) is 11.2. The molecule has 3 N–H and O–H groups in total. The number of nitrogens with two attached hydrogens (primary N) is 1. The molecule has 2 aromatic carbocycles. The number of nitrogens with one attached hydrogen (secondary N) is 1. The highest BCUT2D eigenvalue weighted by atomic mass is 16.5. The van der Waals surface area contributed by atoms with E-state index < -0.39 is 0 Å². The van der Waals surface area contributed by atoms with Gasteiger partial charge >= 0.3 is 0 Å².